The van der Waals surface area contributed by atoms with E-state index in [1.807, 2.05) is 6.08 Å². The van der Waals surface area contributed by atoms with Gasteiger partial charge in [0, 0.05) is 0 Å². The summed E-state index contributed by atoms with van der Waals surface area (Å²) >= 11 is 3.27. The molecule has 0 saturated heterocycles. The summed E-state index contributed by atoms with van der Waals surface area (Å²) in [5.74, 6) is 0. The molecule has 2 heteroatoms. The quantitative estimate of drug-likeness (QED) is 0.421. The predicted molar refractivity (Wildman–Crippen MR) is 32.3 cm³/mol. The number of rotatable bonds is 2. The van der Waals surface area contributed by atoms with Crippen molar-refractivity contribution in [2.45, 2.75) is 0 Å². The fraction of sp³-hybridized carbons (Fsp3) is 0.333. The fourth-order valence-electron chi connectivity index (χ4n) is 0.0546. The Morgan fingerprint density at radius 2 is 2.60 bits per heavy atom. The number of allylic oxidation sites excluding steroid dienone is 1. The summed E-state index contributed by atoms with van der Waals surface area (Å²) < 4.78 is 0. The number of hydrogen-bond acceptors (Lipinski definition) is 0. The molecule has 0 aromatic rings. The Bertz CT molecular complexity index is 28.1. The first-order valence-corrected chi connectivity index (χ1v) is 4.82. The lowest BCUT2D eigenvalue weighted by Gasteiger charge is -1.71. The van der Waals surface area contributed by atoms with Crippen LogP contribution in [-0.4, -0.2) is 6.16 Å². The molecule has 1 atom stereocenters. The molecule has 30 valence electrons. The van der Waals surface area contributed by atoms with E-state index in [4.69, 9.17) is 0 Å². The van der Waals surface area contributed by atoms with Gasteiger partial charge in [0.15, 0.2) is 0 Å². The third kappa shape index (κ3) is 4.65. The molecule has 0 fully saturated rings. The zero-order valence-electron chi connectivity index (χ0n) is 2.87. The van der Waals surface area contributed by atoms with Gasteiger partial charge in [0.2, 0.25) is 0 Å². The Balaban J connectivity index is 2.40. The van der Waals surface area contributed by atoms with Crippen LogP contribution in [0.2, 0.25) is 0 Å². The van der Waals surface area contributed by atoms with Crippen LogP contribution >= 0.6 is 22.8 Å². The Morgan fingerprint density at radius 3 is 2.60 bits per heavy atom. The molecule has 0 heterocycles. The van der Waals surface area contributed by atoms with Gasteiger partial charge in [-0.2, -0.15) is 0 Å². The van der Waals surface area contributed by atoms with Gasteiger partial charge >= 0.3 is 0 Å². The van der Waals surface area contributed by atoms with Crippen LogP contribution < -0.4 is 0 Å². The van der Waals surface area contributed by atoms with Gasteiger partial charge in [-0.1, -0.05) is 21.6 Å². The molecule has 0 saturated carbocycles. The molecular weight excluding hydrogens is 147 g/mol. The zero-order chi connectivity index (χ0) is 4.12. The average molecular weight is 153 g/mol. The van der Waals surface area contributed by atoms with E-state index >= 15 is 0 Å². The monoisotopic (exact) mass is 152 g/mol. The van der Waals surface area contributed by atoms with Gasteiger partial charge in [0.05, 0.1) is 0 Å². The molecule has 0 radical (unpaired) electrons. The first-order chi connectivity index (χ1) is 2.41. The third-order valence-corrected chi connectivity index (χ3v) is 1.64. The van der Waals surface area contributed by atoms with Gasteiger partial charge in [0.25, 0.3) is 0 Å². The molecule has 0 aliphatic heterocycles. The summed E-state index contributed by atoms with van der Waals surface area (Å²) in [7, 11) is 0.852. The first-order valence-electron chi connectivity index (χ1n) is 1.36. The van der Waals surface area contributed by atoms with Crippen LogP contribution in [0.15, 0.2) is 12.7 Å². The lowest BCUT2D eigenvalue weighted by molar-refractivity contribution is 1.83. The lowest BCUT2D eigenvalue weighted by atomic mass is 10.8. The van der Waals surface area contributed by atoms with E-state index in [2.05, 4.69) is 22.1 Å². The van der Waals surface area contributed by atoms with Crippen molar-refractivity contribution < 1.29 is 0 Å². The molecule has 0 N–H and O–H groups in total. The van der Waals surface area contributed by atoms with Crippen LogP contribution in [0.5, 0.6) is 0 Å². The van der Waals surface area contributed by atoms with Crippen molar-refractivity contribution in [1.29, 1.82) is 0 Å². The minimum Gasteiger partial charge on any atom is -0.103 e. The second-order valence-electron chi connectivity index (χ2n) is 0.626. The second-order valence-corrected chi connectivity index (χ2v) is 2.98. The minimum absolute atomic E-state index is 0.852. The van der Waals surface area contributed by atoms with Crippen LogP contribution in [0.4, 0.5) is 0 Å². The standard InChI is InChI=1S/C3H6BrP/c1-2-3-5-4/h2,5H,1,3H2. The van der Waals surface area contributed by atoms with Gasteiger partial charge in [-0.05, 0) is 13.4 Å². The lowest BCUT2D eigenvalue weighted by Crippen LogP contribution is -1.48. The summed E-state index contributed by atoms with van der Waals surface area (Å²) in [6, 6.07) is 0. The van der Waals surface area contributed by atoms with E-state index in [1.165, 1.54) is 0 Å². The van der Waals surface area contributed by atoms with Crippen molar-refractivity contribution in [3.8, 4) is 0 Å². The Morgan fingerprint density at radius 1 is 2.00 bits per heavy atom. The average Bonchev–Trinajstić information content (AvgIpc) is 1.41. The smallest absolute Gasteiger partial charge is 0.00763 e. The number of halogens is 1. The maximum absolute atomic E-state index is 3.53. The van der Waals surface area contributed by atoms with Crippen molar-refractivity contribution in [2.75, 3.05) is 6.16 Å². The van der Waals surface area contributed by atoms with Gasteiger partial charge < -0.3 is 0 Å². The van der Waals surface area contributed by atoms with Crippen molar-refractivity contribution >= 4 is 22.8 Å². The van der Waals surface area contributed by atoms with Crippen LogP contribution in [0, 0.1) is 0 Å². The zero-order valence-corrected chi connectivity index (χ0v) is 5.46. The molecule has 0 aliphatic carbocycles. The molecule has 1 unspecified atom stereocenters. The van der Waals surface area contributed by atoms with E-state index in [0.29, 0.717) is 0 Å². The largest absolute Gasteiger partial charge is 0.103 e. The van der Waals surface area contributed by atoms with E-state index in [-0.39, 0.29) is 0 Å². The van der Waals surface area contributed by atoms with Crippen LogP contribution in [0.3, 0.4) is 0 Å². The topological polar surface area (TPSA) is 0 Å². The normalized spacial score (nSPS) is 9.80. The van der Waals surface area contributed by atoms with E-state index < -0.39 is 0 Å². The highest BCUT2D eigenvalue weighted by Crippen LogP contribution is 2.17. The molecule has 0 spiro atoms. The van der Waals surface area contributed by atoms with Crippen molar-refractivity contribution in [3.05, 3.63) is 12.7 Å². The number of hydrogen-bond donors (Lipinski definition) is 0. The Kier molecular flexibility index (Phi) is 5.25. The summed E-state index contributed by atoms with van der Waals surface area (Å²) in [4.78, 5) is 0. The molecule has 0 rings (SSSR count). The van der Waals surface area contributed by atoms with Crippen molar-refractivity contribution in [2.24, 2.45) is 0 Å². The molecule has 0 aliphatic rings. The molecule has 0 aromatic heterocycles. The molecule has 0 nitrogen and oxygen atoms in total. The van der Waals surface area contributed by atoms with E-state index in [0.717, 1.165) is 13.4 Å². The van der Waals surface area contributed by atoms with Gasteiger partial charge in [-0.3, -0.25) is 0 Å². The van der Waals surface area contributed by atoms with Crippen molar-refractivity contribution in [1.82, 2.24) is 0 Å². The fourth-order valence-corrected chi connectivity index (χ4v) is 0.850. The summed E-state index contributed by atoms with van der Waals surface area (Å²) in [6.07, 6.45) is 2.99. The predicted octanol–water partition coefficient (Wildman–Crippen LogP) is 2.16. The van der Waals surface area contributed by atoms with Gasteiger partial charge in [0.1, 0.15) is 0 Å². The van der Waals surface area contributed by atoms with Crippen molar-refractivity contribution in [3.63, 3.8) is 0 Å². The van der Waals surface area contributed by atoms with Gasteiger partial charge in [-0.15, -0.1) is 6.58 Å². The SMILES string of the molecule is C=CCPBr. The highest BCUT2D eigenvalue weighted by Gasteiger charge is 1.63. The maximum Gasteiger partial charge on any atom is -0.00763 e. The minimum atomic E-state index is 0.852. The summed E-state index contributed by atoms with van der Waals surface area (Å²) in [5.41, 5.74) is 0. The highest BCUT2D eigenvalue weighted by atomic mass is 79.9. The van der Waals surface area contributed by atoms with Crippen LogP contribution in [0.25, 0.3) is 0 Å². The molecule has 5 heavy (non-hydrogen) atoms. The maximum atomic E-state index is 3.53. The van der Waals surface area contributed by atoms with Gasteiger partial charge in [-0.25, -0.2) is 0 Å². The Labute approximate surface area is 42.2 Å². The highest BCUT2D eigenvalue weighted by molar-refractivity contribution is 9.36. The molecular formula is C3H6BrP. The van der Waals surface area contributed by atoms with Crippen LogP contribution in [0.1, 0.15) is 0 Å². The Hall–Kier alpha value is 0.650. The van der Waals surface area contributed by atoms with Crippen LogP contribution in [-0.2, 0) is 0 Å². The second kappa shape index (κ2) is 4.65. The summed E-state index contributed by atoms with van der Waals surface area (Å²) in [5, 5.41) is 0. The molecule has 0 bridgehead atoms. The molecule has 0 aromatic carbocycles. The summed E-state index contributed by atoms with van der Waals surface area (Å²) in [6.45, 7) is 3.53. The van der Waals surface area contributed by atoms with E-state index in [1.54, 1.807) is 0 Å². The molecule has 0 amide bonds. The third-order valence-electron chi connectivity index (χ3n) is 0.221. The first kappa shape index (κ1) is 5.65. The van der Waals surface area contributed by atoms with E-state index in [9.17, 15) is 0 Å².